The lowest BCUT2D eigenvalue weighted by molar-refractivity contribution is -0.126. The highest BCUT2D eigenvalue weighted by Gasteiger charge is 2.35. The van der Waals surface area contributed by atoms with Crippen LogP contribution in [0.25, 0.3) is 11.3 Å². The highest BCUT2D eigenvalue weighted by atomic mass is 16.2. The Kier molecular flexibility index (Phi) is 6.51. The third-order valence-electron chi connectivity index (χ3n) is 5.79. The number of likely N-dealkylation sites (tertiary alicyclic amines) is 1. The standard InChI is InChI=1S/C25H25N7O3/c1-3-5-20(33)31-13-4-6-18(31)24-30-21(22(23(26)34)32(24)27)16-8-10-17(11-9-16)25(35)29-19-12-7-15(2)14-28-19/h7-12,14,18H,4,6,13,27H2,1-2H3,(H2,26,34)(H,28,29,35)/t18-/m0/s1. The van der Waals surface area contributed by atoms with Gasteiger partial charge in [0.05, 0.1) is 6.04 Å². The number of pyridine rings is 1. The van der Waals surface area contributed by atoms with Crippen LogP contribution in [0.5, 0.6) is 0 Å². The van der Waals surface area contributed by atoms with Crippen LogP contribution in [-0.4, -0.2) is 43.8 Å². The van der Waals surface area contributed by atoms with E-state index in [1.165, 1.54) is 0 Å². The Morgan fingerprint density at radius 2 is 1.89 bits per heavy atom. The van der Waals surface area contributed by atoms with Gasteiger partial charge in [0.25, 0.3) is 17.7 Å². The zero-order valence-corrected chi connectivity index (χ0v) is 19.4. The van der Waals surface area contributed by atoms with Crippen molar-refractivity contribution in [1.29, 1.82) is 0 Å². The number of aromatic nitrogens is 3. The SMILES string of the molecule is CC#CC(=O)N1CCC[C@H]1c1nc(-c2ccc(C(=O)Nc3ccc(C)cn3)cc2)c(C(N)=O)n1N. The summed E-state index contributed by atoms with van der Waals surface area (Å²) in [6.07, 6.45) is 3.06. The number of rotatable bonds is 5. The Morgan fingerprint density at radius 1 is 1.14 bits per heavy atom. The number of hydrogen-bond donors (Lipinski definition) is 3. The molecule has 3 amide bonds. The summed E-state index contributed by atoms with van der Waals surface area (Å²) in [7, 11) is 0. The van der Waals surface area contributed by atoms with Gasteiger partial charge in [-0.05, 0) is 56.4 Å². The molecule has 3 heterocycles. The largest absolute Gasteiger partial charge is 0.364 e. The van der Waals surface area contributed by atoms with Crippen LogP contribution in [0.15, 0.2) is 42.6 Å². The minimum absolute atomic E-state index is 0.0157. The van der Waals surface area contributed by atoms with E-state index in [-0.39, 0.29) is 23.2 Å². The van der Waals surface area contributed by atoms with Gasteiger partial charge in [0, 0.05) is 23.9 Å². The molecule has 10 heteroatoms. The fourth-order valence-electron chi connectivity index (χ4n) is 4.09. The molecule has 0 bridgehead atoms. The predicted molar refractivity (Wildman–Crippen MR) is 130 cm³/mol. The molecule has 0 spiro atoms. The van der Waals surface area contributed by atoms with Crippen LogP contribution in [0.1, 0.15) is 58.0 Å². The van der Waals surface area contributed by atoms with Gasteiger partial charge in [-0.2, -0.15) is 0 Å². The van der Waals surface area contributed by atoms with E-state index in [1.807, 2.05) is 13.0 Å². The van der Waals surface area contributed by atoms with Gasteiger partial charge in [0.2, 0.25) is 0 Å². The van der Waals surface area contributed by atoms with E-state index in [1.54, 1.807) is 48.4 Å². The fraction of sp³-hybridized carbons (Fsp3) is 0.240. The highest BCUT2D eigenvalue weighted by Crippen LogP contribution is 2.34. The van der Waals surface area contributed by atoms with Gasteiger partial charge in [-0.15, -0.1) is 0 Å². The first-order valence-electron chi connectivity index (χ1n) is 11.1. The van der Waals surface area contributed by atoms with Crippen molar-refractivity contribution >= 4 is 23.5 Å². The third kappa shape index (κ3) is 4.70. The summed E-state index contributed by atoms with van der Waals surface area (Å²) in [6, 6.07) is 9.70. The second-order valence-electron chi connectivity index (χ2n) is 8.19. The number of nitrogen functional groups attached to an aromatic ring is 1. The molecule has 3 aromatic rings. The van der Waals surface area contributed by atoms with Crippen LogP contribution >= 0.6 is 0 Å². The van der Waals surface area contributed by atoms with Crippen molar-refractivity contribution in [1.82, 2.24) is 19.5 Å². The summed E-state index contributed by atoms with van der Waals surface area (Å²) in [5.41, 5.74) is 7.86. The maximum Gasteiger partial charge on any atom is 0.299 e. The average molecular weight is 472 g/mol. The van der Waals surface area contributed by atoms with Crippen molar-refractivity contribution in [2.45, 2.75) is 32.7 Å². The van der Waals surface area contributed by atoms with Gasteiger partial charge in [-0.25, -0.2) is 14.6 Å². The van der Waals surface area contributed by atoms with Crippen LogP contribution in [0, 0.1) is 18.8 Å². The molecule has 0 saturated carbocycles. The summed E-state index contributed by atoms with van der Waals surface area (Å²) >= 11 is 0. The van der Waals surface area contributed by atoms with Crippen molar-refractivity contribution in [2.24, 2.45) is 5.73 Å². The van der Waals surface area contributed by atoms with E-state index < -0.39 is 11.9 Å². The molecule has 178 valence electrons. The van der Waals surface area contributed by atoms with Crippen LogP contribution in [0.4, 0.5) is 5.82 Å². The Labute approximate surface area is 202 Å². The Balaban J connectivity index is 1.63. The van der Waals surface area contributed by atoms with E-state index in [0.29, 0.717) is 35.7 Å². The molecule has 2 aromatic heterocycles. The van der Waals surface area contributed by atoms with Crippen LogP contribution < -0.4 is 16.9 Å². The second kappa shape index (κ2) is 9.69. The molecule has 0 aliphatic carbocycles. The van der Waals surface area contributed by atoms with Crippen molar-refractivity contribution in [3.63, 3.8) is 0 Å². The minimum Gasteiger partial charge on any atom is -0.364 e. The predicted octanol–water partition coefficient (Wildman–Crippen LogP) is 2.01. The fourth-order valence-corrected chi connectivity index (χ4v) is 4.09. The van der Waals surface area contributed by atoms with Crippen molar-refractivity contribution < 1.29 is 14.4 Å². The lowest BCUT2D eigenvalue weighted by Gasteiger charge is -2.21. The summed E-state index contributed by atoms with van der Waals surface area (Å²) in [5.74, 6) is 10.8. The van der Waals surface area contributed by atoms with Gasteiger partial charge in [0.1, 0.15) is 11.5 Å². The third-order valence-corrected chi connectivity index (χ3v) is 5.79. The zero-order valence-electron chi connectivity index (χ0n) is 19.4. The van der Waals surface area contributed by atoms with E-state index in [2.05, 4.69) is 27.1 Å². The summed E-state index contributed by atoms with van der Waals surface area (Å²) in [6.45, 7) is 4.02. The van der Waals surface area contributed by atoms with E-state index in [9.17, 15) is 14.4 Å². The Morgan fingerprint density at radius 3 is 2.51 bits per heavy atom. The molecule has 0 radical (unpaired) electrons. The molecule has 35 heavy (non-hydrogen) atoms. The Hall–Kier alpha value is -4.65. The number of primary amides is 1. The van der Waals surface area contributed by atoms with Gasteiger partial charge in [-0.1, -0.05) is 24.1 Å². The van der Waals surface area contributed by atoms with Gasteiger partial charge in [0.15, 0.2) is 11.5 Å². The first-order valence-corrected chi connectivity index (χ1v) is 11.1. The monoisotopic (exact) mass is 471 g/mol. The van der Waals surface area contributed by atoms with Crippen LogP contribution in [0.3, 0.4) is 0 Å². The topological polar surface area (TPSA) is 149 Å². The molecule has 1 aliphatic heterocycles. The lowest BCUT2D eigenvalue weighted by atomic mass is 10.1. The minimum atomic E-state index is -0.752. The van der Waals surface area contributed by atoms with E-state index in [0.717, 1.165) is 16.7 Å². The quantitative estimate of drug-likeness (QED) is 0.383. The number of aryl methyl sites for hydroxylation is 1. The number of nitrogens with two attached hydrogens (primary N) is 2. The molecule has 1 atom stereocenters. The summed E-state index contributed by atoms with van der Waals surface area (Å²) in [5, 5.41) is 2.74. The number of hydrogen-bond acceptors (Lipinski definition) is 6. The molecule has 1 fully saturated rings. The second-order valence-corrected chi connectivity index (χ2v) is 8.19. The summed E-state index contributed by atoms with van der Waals surface area (Å²) in [4.78, 5) is 47.7. The maximum absolute atomic E-state index is 12.6. The molecular weight excluding hydrogens is 446 g/mol. The maximum atomic E-state index is 12.6. The van der Waals surface area contributed by atoms with Crippen molar-refractivity contribution in [3.05, 3.63) is 65.2 Å². The smallest absolute Gasteiger partial charge is 0.299 e. The molecule has 10 nitrogen and oxygen atoms in total. The van der Waals surface area contributed by atoms with Gasteiger partial charge >= 0.3 is 0 Å². The van der Waals surface area contributed by atoms with Crippen LogP contribution in [-0.2, 0) is 4.79 Å². The molecule has 0 unspecified atom stereocenters. The number of benzene rings is 1. The van der Waals surface area contributed by atoms with Gasteiger partial charge in [-0.3, -0.25) is 14.4 Å². The number of anilines is 1. The first kappa shape index (κ1) is 23.5. The van der Waals surface area contributed by atoms with Crippen LogP contribution in [0.2, 0.25) is 0 Å². The molecule has 1 aromatic carbocycles. The molecule has 1 aliphatic rings. The molecule has 5 N–H and O–H groups in total. The number of amides is 3. The first-order chi connectivity index (χ1) is 16.8. The Bertz CT molecular complexity index is 1350. The summed E-state index contributed by atoms with van der Waals surface area (Å²) < 4.78 is 1.15. The lowest BCUT2D eigenvalue weighted by Crippen LogP contribution is -2.33. The van der Waals surface area contributed by atoms with E-state index >= 15 is 0 Å². The highest BCUT2D eigenvalue weighted by molar-refractivity contribution is 6.04. The number of carbonyl (C=O) groups excluding carboxylic acids is 3. The van der Waals surface area contributed by atoms with Crippen molar-refractivity contribution in [3.8, 4) is 23.1 Å². The van der Waals surface area contributed by atoms with Gasteiger partial charge < -0.3 is 21.8 Å². The molecule has 4 rings (SSSR count). The number of imidazole rings is 1. The number of nitrogens with zero attached hydrogens (tertiary/aromatic N) is 4. The average Bonchev–Trinajstić information content (AvgIpc) is 3.45. The number of carbonyl (C=O) groups is 3. The normalized spacial score (nSPS) is 14.8. The van der Waals surface area contributed by atoms with Crippen molar-refractivity contribution in [2.75, 3.05) is 17.7 Å². The van der Waals surface area contributed by atoms with E-state index in [4.69, 9.17) is 11.6 Å². The number of nitrogens with one attached hydrogen (secondary N) is 1. The molecule has 1 saturated heterocycles. The molecular formula is C25H25N7O3. The zero-order chi connectivity index (χ0) is 25.1.